The standard InChI is InChI=1S/C24H24N2O5S/c1-16-12-17(2)14-20(13-16)25-23(27)15-31-24(28)19-8-10-21(11-9-19)32(29,30)26-22-7-5-4-6-18(22)3/h4-14,26H,15H2,1-3H3,(H,25,27). The largest absolute Gasteiger partial charge is 0.452 e. The topological polar surface area (TPSA) is 102 Å². The van der Waals surface area contributed by atoms with E-state index in [0.29, 0.717) is 11.4 Å². The number of hydrogen-bond acceptors (Lipinski definition) is 5. The zero-order valence-electron chi connectivity index (χ0n) is 18.0. The van der Waals surface area contributed by atoms with E-state index in [1.165, 1.54) is 24.3 Å². The van der Waals surface area contributed by atoms with Crippen molar-refractivity contribution < 1.29 is 22.7 Å². The summed E-state index contributed by atoms with van der Waals surface area (Å²) in [6, 6.07) is 17.9. The smallest absolute Gasteiger partial charge is 0.338 e. The summed E-state index contributed by atoms with van der Waals surface area (Å²) in [5.41, 5.74) is 4.04. The molecule has 0 unspecified atom stereocenters. The molecule has 0 aliphatic rings. The molecule has 1 amide bonds. The second-order valence-corrected chi connectivity index (χ2v) is 9.13. The predicted octanol–water partition coefficient (Wildman–Crippen LogP) is 4.21. The highest BCUT2D eigenvalue weighted by molar-refractivity contribution is 7.92. The number of carbonyl (C=O) groups is 2. The highest BCUT2D eigenvalue weighted by Gasteiger charge is 2.17. The van der Waals surface area contributed by atoms with Crippen LogP contribution in [0.2, 0.25) is 0 Å². The third kappa shape index (κ3) is 5.95. The lowest BCUT2D eigenvalue weighted by molar-refractivity contribution is -0.119. The zero-order valence-corrected chi connectivity index (χ0v) is 18.8. The Morgan fingerprint density at radius 3 is 2.12 bits per heavy atom. The van der Waals surface area contributed by atoms with E-state index in [0.717, 1.165) is 16.7 Å². The molecule has 3 aromatic rings. The van der Waals surface area contributed by atoms with Gasteiger partial charge in [-0.3, -0.25) is 9.52 Å². The van der Waals surface area contributed by atoms with Crippen LogP contribution in [0.1, 0.15) is 27.0 Å². The molecule has 0 bridgehead atoms. The fourth-order valence-corrected chi connectivity index (χ4v) is 4.25. The van der Waals surface area contributed by atoms with Gasteiger partial charge in [-0.25, -0.2) is 13.2 Å². The van der Waals surface area contributed by atoms with E-state index in [1.807, 2.05) is 38.1 Å². The number of sulfonamides is 1. The summed E-state index contributed by atoms with van der Waals surface area (Å²) in [7, 11) is -3.81. The van der Waals surface area contributed by atoms with E-state index in [-0.39, 0.29) is 10.5 Å². The molecule has 0 saturated heterocycles. The quantitative estimate of drug-likeness (QED) is 0.523. The third-order valence-electron chi connectivity index (χ3n) is 4.63. The molecule has 0 aromatic heterocycles. The van der Waals surface area contributed by atoms with Gasteiger partial charge in [-0.2, -0.15) is 0 Å². The Kier molecular flexibility index (Phi) is 6.95. The first-order valence-electron chi connectivity index (χ1n) is 9.88. The summed E-state index contributed by atoms with van der Waals surface area (Å²) < 4.78 is 32.8. The maximum Gasteiger partial charge on any atom is 0.338 e. The lowest BCUT2D eigenvalue weighted by atomic mass is 10.1. The van der Waals surface area contributed by atoms with Crippen molar-refractivity contribution in [1.82, 2.24) is 0 Å². The van der Waals surface area contributed by atoms with Crippen molar-refractivity contribution in [1.29, 1.82) is 0 Å². The number of benzene rings is 3. The third-order valence-corrected chi connectivity index (χ3v) is 6.01. The summed E-state index contributed by atoms with van der Waals surface area (Å²) >= 11 is 0. The molecule has 166 valence electrons. The van der Waals surface area contributed by atoms with E-state index < -0.39 is 28.5 Å². The number of esters is 1. The van der Waals surface area contributed by atoms with Crippen molar-refractivity contribution in [3.8, 4) is 0 Å². The molecule has 2 N–H and O–H groups in total. The number of carbonyl (C=O) groups excluding carboxylic acids is 2. The molecule has 3 aromatic carbocycles. The highest BCUT2D eigenvalue weighted by atomic mass is 32.2. The Labute approximate surface area is 187 Å². The molecule has 0 heterocycles. The van der Waals surface area contributed by atoms with Crippen LogP contribution in [0, 0.1) is 20.8 Å². The first-order chi connectivity index (χ1) is 15.1. The van der Waals surface area contributed by atoms with Crippen LogP contribution >= 0.6 is 0 Å². The average Bonchev–Trinajstić information content (AvgIpc) is 2.73. The number of amides is 1. The summed E-state index contributed by atoms with van der Waals surface area (Å²) in [5, 5.41) is 2.68. The van der Waals surface area contributed by atoms with Crippen molar-refractivity contribution in [3.63, 3.8) is 0 Å². The molecule has 0 saturated carbocycles. The molecule has 32 heavy (non-hydrogen) atoms. The van der Waals surface area contributed by atoms with Crippen molar-refractivity contribution >= 4 is 33.3 Å². The van der Waals surface area contributed by atoms with Crippen LogP contribution in [0.5, 0.6) is 0 Å². The summed E-state index contributed by atoms with van der Waals surface area (Å²) in [6.45, 7) is 5.18. The Hall–Kier alpha value is -3.65. The van der Waals surface area contributed by atoms with Crippen molar-refractivity contribution in [3.05, 3.63) is 89.0 Å². The molecular weight excluding hydrogens is 428 g/mol. The molecule has 0 spiro atoms. The van der Waals surface area contributed by atoms with Crippen molar-refractivity contribution in [2.45, 2.75) is 25.7 Å². The van der Waals surface area contributed by atoms with Gasteiger partial charge >= 0.3 is 5.97 Å². The van der Waals surface area contributed by atoms with Gasteiger partial charge in [-0.15, -0.1) is 0 Å². The summed E-state index contributed by atoms with van der Waals surface area (Å²) in [6.07, 6.45) is 0. The first-order valence-corrected chi connectivity index (χ1v) is 11.4. The fraction of sp³-hybridized carbons (Fsp3) is 0.167. The van der Waals surface area contributed by atoms with Gasteiger partial charge in [0.2, 0.25) is 0 Å². The van der Waals surface area contributed by atoms with E-state index in [9.17, 15) is 18.0 Å². The van der Waals surface area contributed by atoms with E-state index in [2.05, 4.69) is 10.0 Å². The van der Waals surface area contributed by atoms with Gasteiger partial charge in [0.15, 0.2) is 6.61 Å². The van der Waals surface area contributed by atoms with Gasteiger partial charge < -0.3 is 10.1 Å². The van der Waals surface area contributed by atoms with Gasteiger partial charge in [0, 0.05) is 5.69 Å². The second-order valence-electron chi connectivity index (χ2n) is 7.45. The van der Waals surface area contributed by atoms with Crippen LogP contribution in [-0.2, 0) is 19.6 Å². The molecule has 3 rings (SSSR count). The molecule has 0 atom stereocenters. The van der Waals surface area contributed by atoms with Gasteiger partial charge in [-0.1, -0.05) is 24.3 Å². The predicted molar refractivity (Wildman–Crippen MR) is 123 cm³/mol. The maximum absolute atomic E-state index is 12.6. The molecule has 0 fully saturated rings. The summed E-state index contributed by atoms with van der Waals surface area (Å²) in [5.74, 6) is -1.19. The van der Waals surface area contributed by atoms with E-state index in [4.69, 9.17) is 4.74 Å². The summed E-state index contributed by atoms with van der Waals surface area (Å²) in [4.78, 5) is 24.3. The average molecular weight is 453 g/mol. The lowest BCUT2D eigenvalue weighted by Gasteiger charge is -2.11. The Bertz CT molecular complexity index is 1230. The first kappa shape index (κ1) is 23.0. The normalized spacial score (nSPS) is 11.0. The van der Waals surface area contributed by atoms with Gasteiger partial charge in [0.25, 0.3) is 15.9 Å². The SMILES string of the molecule is Cc1cc(C)cc(NC(=O)COC(=O)c2ccc(S(=O)(=O)Nc3ccccc3C)cc2)c1. The maximum atomic E-state index is 12.6. The minimum atomic E-state index is -3.81. The Morgan fingerprint density at radius 1 is 0.875 bits per heavy atom. The minimum Gasteiger partial charge on any atom is -0.452 e. The van der Waals surface area contributed by atoms with Crippen LogP contribution in [-0.4, -0.2) is 26.9 Å². The van der Waals surface area contributed by atoms with Gasteiger partial charge in [0.1, 0.15) is 0 Å². The Balaban J connectivity index is 1.59. The zero-order chi connectivity index (χ0) is 23.3. The van der Waals surface area contributed by atoms with Crippen molar-refractivity contribution in [2.24, 2.45) is 0 Å². The number of nitrogens with one attached hydrogen (secondary N) is 2. The van der Waals surface area contributed by atoms with E-state index in [1.54, 1.807) is 25.1 Å². The van der Waals surface area contributed by atoms with Crippen LogP contribution in [0.4, 0.5) is 11.4 Å². The number of rotatable bonds is 7. The van der Waals surface area contributed by atoms with Crippen LogP contribution < -0.4 is 10.0 Å². The number of para-hydroxylation sites is 1. The molecule has 0 aliphatic heterocycles. The van der Waals surface area contributed by atoms with Gasteiger partial charge in [0.05, 0.1) is 16.1 Å². The van der Waals surface area contributed by atoms with E-state index >= 15 is 0 Å². The van der Waals surface area contributed by atoms with Crippen LogP contribution in [0.25, 0.3) is 0 Å². The molecule has 7 nitrogen and oxygen atoms in total. The van der Waals surface area contributed by atoms with Crippen LogP contribution in [0.3, 0.4) is 0 Å². The number of hydrogen-bond donors (Lipinski definition) is 2. The second kappa shape index (κ2) is 9.65. The molecule has 0 aliphatic carbocycles. The lowest BCUT2D eigenvalue weighted by Crippen LogP contribution is -2.21. The fourth-order valence-electron chi connectivity index (χ4n) is 3.12. The Morgan fingerprint density at radius 2 is 1.50 bits per heavy atom. The molecule has 8 heteroatoms. The molecule has 0 radical (unpaired) electrons. The number of ether oxygens (including phenoxy) is 1. The molecular formula is C24H24N2O5S. The van der Waals surface area contributed by atoms with Crippen molar-refractivity contribution in [2.75, 3.05) is 16.6 Å². The van der Waals surface area contributed by atoms with Gasteiger partial charge in [-0.05, 0) is 79.9 Å². The number of aryl methyl sites for hydroxylation is 3. The minimum absolute atomic E-state index is 0.00450. The van der Waals surface area contributed by atoms with Crippen LogP contribution in [0.15, 0.2) is 71.6 Å². The number of anilines is 2. The highest BCUT2D eigenvalue weighted by Crippen LogP contribution is 2.20. The monoisotopic (exact) mass is 452 g/mol.